The maximum atomic E-state index is 12.5. The first kappa shape index (κ1) is 15.6. The first-order chi connectivity index (χ1) is 8.13. The number of nitrogens with zero attached hydrogens (tertiary/aromatic N) is 1. The zero-order valence-electron chi connectivity index (χ0n) is 9.35. The number of rotatable bonds is 4. The zero-order chi connectivity index (χ0) is 14.1. The van der Waals surface area contributed by atoms with Crippen molar-refractivity contribution in [1.82, 2.24) is 4.31 Å². The van der Waals surface area contributed by atoms with E-state index < -0.39 is 32.9 Å². The Bertz CT molecular complexity index is 423. The molecule has 0 amide bonds. The molecule has 0 radical (unpaired) electrons. The maximum absolute atomic E-state index is 12.5. The predicted molar refractivity (Wildman–Crippen MR) is 59.4 cm³/mol. The van der Waals surface area contributed by atoms with Crippen molar-refractivity contribution in [2.45, 2.75) is 36.7 Å². The van der Waals surface area contributed by atoms with Gasteiger partial charge in [0.15, 0.2) is 0 Å². The van der Waals surface area contributed by atoms with Crippen molar-refractivity contribution < 1.29 is 31.5 Å². The minimum Gasteiger partial charge on any atom is -0.480 e. The monoisotopic (exact) mass is 307 g/mol. The Morgan fingerprint density at radius 3 is 2.44 bits per heavy atom. The second-order valence-corrected chi connectivity index (χ2v) is 6.76. The van der Waals surface area contributed by atoms with Crippen molar-refractivity contribution in [3.8, 4) is 0 Å². The molecular formula is C8H12F3NO4S2. The Labute approximate surface area is 106 Å². The van der Waals surface area contributed by atoms with Crippen molar-refractivity contribution in [2.75, 3.05) is 5.75 Å². The summed E-state index contributed by atoms with van der Waals surface area (Å²) in [5, 5.41) is 7.84. The van der Waals surface area contributed by atoms with Gasteiger partial charge in [0, 0.05) is 5.75 Å². The summed E-state index contributed by atoms with van der Waals surface area (Å²) >= 11 is 0.920. The third-order valence-electron chi connectivity index (χ3n) is 2.43. The standard InChI is InChI=1S/C8H12F3NO4S2/c1-2-3-6-12(5(4-17-6)7(13)14)18(15,16)8(9,10)11/h5-6H,2-4H2,1H3,(H,13,14). The van der Waals surface area contributed by atoms with Gasteiger partial charge in [-0.1, -0.05) is 13.3 Å². The van der Waals surface area contributed by atoms with Crippen LogP contribution in [0.2, 0.25) is 0 Å². The van der Waals surface area contributed by atoms with E-state index in [4.69, 9.17) is 5.11 Å². The Hall–Kier alpha value is -0.480. The van der Waals surface area contributed by atoms with Gasteiger partial charge in [0.05, 0.1) is 5.37 Å². The summed E-state index contributed by atoms with van der Waals surface area (Å²) in [4.78, 5) is 10.8. The van der Waals surface area contributed by atoms with Crippen molar-refractivity contribution in [1.29, 1.82) is 0 Å². The van der Waals surface area contributed by atoms with Crippen LogP contribution in [0.3, 0.4) is 0 Å². The molecule has 106 valence electrons. The highest BCUT2D eigenvalue weighted by molar-refractivity contribution is 8.01. The lowest BCUT2D eigenvalue weighted by Gasteiger charge is -2.26. The molecule has 1 aliphatic heterocycles. The number of carboxylic acid groups (broad SMARTS) is 1. The molecule has 0 aromatic rings. The maximum Gasteiger partial charge on any atom is 0.511 e. The van der Waals surface area contributed by atoms with Gasteiger partial charge >= 0.3 is 21.5 Å². The summed E-state index contributed by atoms with van der Waals surface area (Å²) in [6, 6.07) is -1.65. The largest absolute Gasteiger partial charge is 0.511 e. The van der Waals surface area contributed by atoms with Gasteiger partial charge in [-0.2, -0.15) is 17.5 Å². The summed E-state index contributed by atoms with van der Waals surface area (Å²) < 4.78 is 60.4. The summed E-state index contributed by atoms with van der Waals surface area (Å²) in [7, 11) is -5.61. The molecule has 0 aromatic carbocycles. The molecule has 10 heteroatoms. The minimum absolute atomic E-state index is 0.0868. The number of aliphatic carboxylic acids is 1. The number of hydrogen-bond donors (Lipinski definition) is 1. The van der Waals surface area contributed by atoms with Gasteiger partial charge in [-0.15, -0.1) is 11.8 Å². The van der Waals surface area contributed by atoms with E-state index in [1.165, 1.54) is 0 Å². The van der Waals surface area contributed by atoms with E-state index in [1.54, 1.807) is 6.92 Å². The van der Waals surface area contributed by atoms with Gasteiger partial charge in [0.2, 0.25) is 0 Å². The topological polar surface area (TPSA) is 74.7 Å². The molecule has 1 heterocycles. The average Bonchev–Trinajstić information content (AvgIpc) is 2.60. The van der Waals surface area contributed by atoms with Gasteiger partial charge in [0.25, 0.3) is 0 Å². The number of carboxylic acids is 1. The Kier molecular flexibility index (Phi) is 4.55. The fourth-order valence-electron chi connectivity index (χ4n) is 1.63. The fourth-order valence-corrected chi connectivity index (χ4v) is 4.80. The third kappa shape index (κ3) is 2.75. The normalized spacial score (nSPS) is 26.4. The van der Waals surface area contributed by atoms with Crippen LogP contribution in [0.15, 0.2) is 0 Å². The Balaban J connectivity index is 3.16. The summed E-state index contributed by atoms with van der Waals surface area (Å²) in [5.41, 5.74) is -5.47. The van der Waals surface area contributed by atoms with Crippen LogP contribution in [0.4, 0.5) is 13.2 Å². The van der Waals surface area contributed by atoms with E-state index >= 15 is 0 Å². The second kappa shape index (κ2) is 5.25. The highest BCUT2D eigenvalue weighted by Crippen LogP contribution is 2.39. The average molecular weight is 307 g/mol. The van der Waals surface area contributed by atoms with E-state index in [-0.39, 0.29) is 16.5 Å². The molecule has 1 aliphatic rings. The number of halogens is 3. The van der Waals surface area contributed by atoms with Crippen LogP contribution in [0.1, 0.15) is 19.8 Å². The van der Waals surface area contributed by atoms with E-state index in [9.17, 15) is 26.4 Å². The van der Waals surface area contributed by atoms with Crippen LogP contribution in [0, 0.1) is 0 Å². The molecule has 1 N–H and O–H groups in total. The number of hydrogen-bond acceptors (Lipinski definition) is 4. The number of alkyl halides is 3. The zero-order valence-corrected chi connectivity index (χ0v) is 11.0. The Morgan fingerprint density at radius 2 is 2.06 bits per heavy atom. The number of sulfonamides is 1. The molecule has 1 fully saturated rings. The molecule has 5 nitrogen and oxygen atoms in total. The molecule has 0 spiro atoms. The Morgan fingerprint density at radius 1 is 1.50 bits per heavy atom. The van der Waals surface area contributed by atoms with Crippen molar-refractivity contribution in [2.24, 2.45) is 0 Å². The fraction of sp³-hybridized carbons (Fsp3) is 0.875. The lowest BCUT2D eigenvalue weighted by Crippen LogP contribution is -2.50. The van der Waals surface area contributed by atoms with Crippen molar-refractivity contribution >= 4 is 27.8 Å². The molecule has 0 aromatic heterocycles. The molecule has 0 aliphatic carbocycles. The number of carbonyl (C=O) groups is 1. The van der Waals surface area contributed by atoms with Gasteiger partial charge < -0.3 is 5.11 Å². The van der Waals surface area contributed by atoms with Crippen molar-refractivity contribution in [3.05, 3.63) is 0 Å². The predicted octanol–water partition coefficient (Wildman–Crippen LogP) is 1.46. The van der Waals surface area contributed by atoms with Crippen LogP contribution in [-0.4, -0.2) is 46.5 Å². The van der Waals surface area contributed by atoms with Crippen LogP contribution in [-0.2, 0) is 14.8 Å². The lowest BCUT2D eigenvalue weighted by molar-refractivity contribution is -0.140. The van der Waals surface area contributed by atoms with Gasteiger partial charge in [-0.25, -0.2) is 8.42 Å². The molecule has 0 bridgehead atoms. The van der Waals surface area contributed by atoms with Crippen LogP contribution in [0.25, 0.3) is 0 Å². The minimum atomic E-state index is -5.61. The first-order valence-corrected chi connectivity index (χ1v) is 7.56. The van der Waals surface area contributed by atoms with Crippen LogP contribution < -0.4 is 0 Å². The van der Waals surface area contributed by atoms with E-state index in [1.807, 2.05) is 0 Å². The number of thioether (sulfide) groups is 1. The lowest BCUT2D eigenvalue weighted by atomic mass is 10.3. The van der Waals surface area contributed by atoms with Crippen molar-refractivity contribution in [3.63, 3.8) is 0 Å². The SMILES string of the molecule is CCCC1SCC(C(=O)O)N1S(=O)(=O)C(F)(F)F. The highest BCUT2D eigenvalue weighted by Gasteiger charge is 2.57. The van der Waals surface area contributed by atoms with Crippen LogP contribution >= 0.6 is 11.8 Å². The summed E-state index contributed by atoms with van der Waals surface area (Å²) in [6.07, 6.45) is 0.650. The van der Waals surface area contributed by atoms with Crippen LogP contribution in [0.5, 0.6) is 0 Å². The molecule has 18 heavy (non-hydrogen) atoms. The second-order valence-electron chi connectivity index (χ2n) is 3.71. The molecule has 2 unspecified atom stereocenters. The third-order valence-corrected chi connectivity index (χ3v) is 5.57. The highest BCUT2D eigenvalue weighted by atomic mass is 32.2. The van der Waals surface area contributed by atoms with Gasteiger partial charge in [-0.3, -0.25) is 4.79 Å². The molecule has 0 saturated carbocycles. The smallest absolute Gasteiger partial charge is 0.480 e. The quantitative estimate of drug-likeness (QED) is 0.851. The molecule has 1 rings (SSSR count). The van der Waals surface area contributed by atoms with Gasteiger partial charge in [0.1, 0.15) is 6.04 Å². The summed E-state index contributed by atoms with van der Waals surface area (Å²) in [5.74, 6) is -1.73. The first-order valence-electron chi connectivity index (χ1n) is 5.07. The molecule has 1 saturated heterocycles. The molecule has 2 atom stereocenters. The van der Waals surface area contributed by atoms with E-state index in [0.29, 0.717) is 6.42 Å². The van der Waals surface area contributed by atoms with E-state index in [0.717, 1.165) is 11.8 Å². The van der Waals surface area contributed by atoms with Gasteiger partial charge in [-0.05, 0) is 6.42 Å². The summed E-state index contributed by atoms with van der Waals surface area (Å²) in [6.45, 7) is 1.69. The molecular weight excluding hydrogens is 295 g/mol. The van der Waals surface area contributed by atoms with E-state index in [2.05, 4.69) is 0 Å².